The summed E-state index contributed by atoms with van der Waals surface area (Å²) < 4.78 is 5.16. The number of nitrogens with zero attached hydrogens (tertiary/aromatic N) is 4. The number of nitrogen functional groups attached to an aromatic ring is 1. The molecule has 0 aliphatic rings. The van der Waals surface area contributed by atoms with Crippen molar-refractivity contribution in [3.63, 3.8) is 0 Å². The van der Waals surface area contributed by atoms with Crippen LogP contribution in [0.3, 0.4) is 0 Å². The Hall–Kier alpha value is -2.76. The Morgan fingerprint density at radius 2 is 2.11 bits per heavy atom. The minimum atomic E-state index is 0.371. The average Bonchev–Trinajstić information content (AvgIpc) is 2.89. The first-order valence-corrected chi connectivity index (χ1v) is 5.29. The molecule has 3 rings (SSSR count). The van der Waals surface area contributed by atoms with Gasteiger partial charge in [0.25, 0.3) is 5.89 Å². The Bertz CT molecular complexity index is 665. The monoisotopic (exact) mass is 239 g/mol. The molecule has 0 bridgehead atoms. The van der Waals surface area contributed by atoms with Crippen LogP contribution in [-0.4, -0.2) is 20.1 Å². The quantitative estimate of drug-likeness (QED) is 0.732. The van der Waals surface area contributed by atoms with E-state index in [0.717, 1.165) is 0 Å². The van der Waals surface area contributed by atoms with Crippen LogP contribution in [0.25, 0.3) is 23.0 Å². The van der Waals surface area contributed by atoms with Crippen LogP contribution in [0.5, 0.6) is 0 Å². The molecule has 0 amide bonds. The molecule has 0 radical (unpaired) electrons. The number of hydrogen-bond acceptors (Lipinski definition) is 6. The summed E-state index contributed by atoms with van der Waals surface area (Å²) in [5, 5.41) is 3.88. The molecule has 3 aromatic rings. The highest BCUT2D eigenvalue weighted by atomic mass is 16.5. The molecule has 0 fully saturated rings. The second kappa shape index (κ2) is 4.25. The summed E-state index contributed by atoms with van der Waals surface area (Å²) in [4.78, 5) is 12.4. The number of hydrogen-bond donors (Lipinski definition) is 1. The SMILES string of the molecule is Nc1cncc(-c2nc(-c3ccccn3)no2)c1. The van der Waals surface area contributed by atoms with Crippen LogP contribution in [0.15, 0.2) is 47.4 Å². The van der Waals surface area contributed by atoms with Gasteiger partial charge in [0.2, 0.25) is 5.82 Å². The zero-order valence-corrected chi connectivity index (χ0v) is 9.32. The smallest absolute Gasteiger partial charge is 0.259 e. The molecule has 0 atom stereocenters. The molecule has 6 heteroatoms. The van der Waals surface area contributed by atoms with Gasteiger partial charge in [0.05, 0.1) is 11.3 Å². The Morgan fingerprint density at radius 3 is 2.89 bits per heavy atom. The van der Waals surface area contributed by atoms with Gasteiger partial charge in [-0.25, -0.2) is 0 Å². The van der Waals surface area contributed by atoms with Gasteiger partial charge in [0.1, 0.15) is 5.69 Å². The first-order chi connectivity index (χ1) is 8.83. The summed E-state index contributed by atoms with van der Waals surface area (Å²) in [6.45, 7) is 0. The molecule has 3 aromatic heterocycles. The van der Waals surface area contributed by atoms with Gasteiger partial charge in [-0.3, -0.25) is 9.97 Å². The molecule has 18 heavy (non-hydrogen) atoms. The molecular weight excluding hydrogens is 230 g/mol. The van der Waals surface area contributed by atoms with Crippen molar-refractivity contribution in [2.45, 2.75) is 0 Å². The van der Waals surface area contributed by atoms with Crippen LogP contribution >= 0.6 is 0 Å². The second-order valence-corrected chi connectivity index (χ2v) is 3.65. The van der Waals surface area contributed by atoms with Crippen LogP contribution in [0.1, 0.15) is 0 Å². The Morgan fingerprint density at radius 1 is 1.17 bits per heavy atom. The lowest BCUT2D eigenvalue weighted by Gasteiger charge is -1.94. The fourth-order valence-electron chi connectivity index (χ4n) is 1.51. The highest BCUT2D eigenvalue weighted by Crippen LogP contribution is 2.21. The summed E-state index contributed by atoms with van der Waals surface area (Å²) in [5.41, 5.74) is 7.54. The van der Waals surface area contributed by atoms with Crippen LogP contribution in [0, 0.1) is 0 Å². The molecule has 6 nitrogen and oxygen atoms in total. The normalized spacial score (nSPS) is 10.4. The number of anilines is 1. The van der Waals surface area contributed by atoms with E-state index < -0.39 is 0 Å². The van der Waals surface area contributed by atoms with Gasteiger partial charge < -0.3 is 10.3 Å². The van der Waals surface area contributed by atoms with Gasteiger partial charge in [-0.05, 0) is 18.2 Å². The second-order valence-electron chi connectivity index (χ2n) is 3.65. The van der Waals surface area contributed by atoms with Crippen LogP contribution in [0.2, 0.25) is 0 Å². The Balaban J connectivity index is 2.00. The van der Waals surface area contributed by atoms with E-state index in [1.54, 1.807) is 24.7 Å². The van der Waals surface area contributed by atoms with E-state index in [-0.39, 0.29) is 0 Å². The number of aromatic nitrogens is 4. The molecular formula is C12H9N5O. The highest BCUT2D eigenvalue weighted by Gasteiger charge is 2.11. The van der Waals surface area contributed by atoms with Crippen LogP contribution < -0.4 is 5.73 Å². The third kappa shape index (κ3) is 1.91. The van der Waals surface area contributed by atoms with Crippen molar-refractivity contribution in [1.82, 2.24) is 20.1 Å². The summed E-state index contributed by atoms with van der Waals surface area (Å²) in [6, 6.07) is 7.22. The summed E-state index contributed by atoms with van der Waals surface area (Å²) >= 11 is 0. The third-order valence-electron chi connectivity index (χ3n) is 2.33. The third-order valence-corrected chi connectivity index (χ3v) is 2.33. The number of nitrogens with two attached hydrogens (primary N) is 1. The van der Waals surface area contributed by atoms with Crippen molar-refractivity contribution in [3.05, 3.63) is 42.9 Å². The van der Waals surface area contributed by atoms with Gasteiger partial charge in [-0.15, -0.1) is 0 Å². The van der Waals surface area contributed by atoms with E-state index in [2.05, 4.69) is 20.1 Å². The number of rotatable bonds is 2. The topological polar surface area (TPSA) is 90.7 Å². The van der Waals surface area contributed by atoms with Crippen molar-refractivity contribution in [1.29, 1.82) is 0 Å². The van der Waals surface area contributed by atoms with Crippen molar-refractivity contribution in [2.75, 3.05) is 5.73 Å². The lowest BCUT2D eigenvalue weighted by Crippen LogP contribution is -1.88. The van der Waals surface area contributed by atoms with E-state index in [1.165, 1.54) is 0 Å². The standard InChI is InChI=1S/C12H9N5O/c13-9-5-8(6-14-7-9)12-16-11(17-18-12)10-3-1-2-4-15-10/h1-7H,13H2. The largest absolute Gasteiger partial charge is 0.397 e. The van der Waals surface area contributed by atoms with Crippen molar-refractivity contribution >= 4 is 5.69 Å². The Kier molecular flexibility index (Phi) is 2.45. The van der Waals surface area contributed by atoms with Crippen LogP contribution in [0.4, 0.5) is 5.69 Å². The van der Waals surface area contributed by atoms with Crippen LogP contribution in [-0.2, 0) is 0 Å². The van der Waals surface area contributed by atoms with Gasteiger partial charge in [-0.1, -0.05) is 11.2 Å². The molecule has 2 N–H and O–H groups in total. The van der Waals surface area contributed by atoms with Gasteiger partial charge in [0, 0.05) is 18.6 Å². The first-order valence-electron chi connectivity index (χ1n) is 5.29. The molecule has 0 aliphatic heterocycles. The molecule has 0 unspecified atom stereocenters. The average molecular weight is 239 g/mol. The van der Waals surface area contributed by atoms with E-state index in [9.17, 15) is 0 Å². The summed E-state index contributed by atoms with van der Waals surface area (Å²) in [6.07, 6.45) is 4.85. The van der Waals surface area contributed by atoms with Gasteiger partial charge in [-0.2, -0.15) is 4.98 Å². The zero-order valence-electron chi connectivity index (χ0n) is 9.32. The van der Waals surface area contributed by atoms with Gasteiger partial charge in [0.15, 0.2) is 0 Å². The minimum absolute atomic E-state index is 0.371. The molecule has 88 valence electrons. The van der Waals surface area contributed by atoms with Crippen molar-refractivity contribution in [3.8, 4) is 23.0 Å². The highest BCUT2D eigenvalue weighted by molar-refractivity contribution is 5.59. The molecule has 0 aliphatic carbocycles. The van der Waals surface area contributed by atoms with E-state index >= 15 is 0 Å². The molecule has 3 heterocycles. The van der Waals surface area contributed by atoms with E-state index in [4.69, 9.17) is 10.3 Å². The van der Waals surface area contributed by atoms with Gasteiger partial charge >= 0.3 is 0 Å². The maximum atomic E-state index is 5.65. The lowest BCUT2D eigenvalue weighted by atomic mass is 10.2. The summed E-state index contributed by atoms with van der Waals surface area (Å²) in [7, 11) is 0. The molecule has 0 saturated carbocycles. The van der Waals surface area contributed by atoms with E-state index in [1.807, 2.05) is 18.2 Å². The predicted molar refractivity (Wildman–Crippen MR) is 65.2 cm³/mol. The molecule has 0 spiro atoms. The lowest BCUT2D eigenvalue weighted by molar-refractivity contribution is 0.432. The molecule has 0 aromatic carbocycles. The van der Waals surface area contributed by atoms with E-state index in [0.29, 0.717) is 28.7 Å². The number of pyridine rings is 2. The fourth-order valence-corrected chi connectivity index (χ4v) is 1.51. The maximum Gasteiger partial charge on any atom is 0.259 e. The zero-order chi connectivity index (χ0) is 12.4. The molecule has 0 saturated heterocycles. The first kappa shape index (κ1) is 10.4. The van der Waals surface area contributed by atoms with Crippen molar-refractivity contribution < 1.29 is 4.52 Å². The van der Waals surface area contributed by atoms with Crippen molar-refractivity contribution in [2.24, 2.45) is 0 Å². The Labute approximate surface area is 103 Å². The maximum absolute atomic E-state index is 5.65. The minimum Gasteiger partial charge on any atom is -0.397 e. The summed E-state index contributed by atoms with van der Waals surface area (Å²) in [5.74, 6) is 0.809. The predicted octanol–water partition coefficient (Wildman–Crippen LogP) is 1.78. The fraction of sp³-hybridized carbons (Fsp3) is 0.